The minimum atomic E-state index is -0.385. The molecule has 0 unspecified atom stereocenters. The number of nitrogens with zero attached hydrogens (tertiary/aromatic N) is 1. The molecule has 2 aromatic rings. The highest BCUT2D eigenvalue weighted by Crippen LogP contribution is 2.24. The first-order valence-electron chi connectivity index (χ1n) is 5.14. The van der Waals surface area contributed by atoms with Crippen molar-refractivity contribution in [3.05, 3.63) is 60.7 Å². The predicted molar refractivity (Wildman–Crippen MR) is 76.7 cm³/mol. The second kappa shape index (κ2) is 6.89. The second-order valence-corrected chi connectivity index (χ2v) is 3.60. The number of nitrogens with one attached hydrogen (secondary N) is 1. The van der Waals surface area contributed by atoms with Crippen molar-refractivity contribution in [3.8, 4) is 0 Å². The van der Waals surface area contributed by atoms with E-state index in [1.165, 1.54) is 4.90 Å². The maximum absolute atomic E-state index is 11.8. The molecule has 94 valence electrons. The molecule has 2 aromatic carbocycles. The lowest BCUT2D eigenvalue weighted by atomic mass is 10.2. The van der Waals surface area contributed by atoms with Gasteiger partial charge in [0, 0.05) is 11.8 Å². The zero-order valence-corrected chi connectivity index (χ0v) is 11.0. The maximum atomic E-state index is 11.8. The third kappa shape index (κ3) is 3.15. The van der Waals surface area contributed by atoms with Crippen LogP contribution in [0.1, 0.15) is 0 Å². The average Bonchev–Trinajstić information content (AvgIpc) is 2.41. The van der Waals surface area contributed by atoms with E-state index < -0.39 is 0 Å². The van der Waals surface area contributed by atoms with Crippen molar-refractivity contribution in [3.63, 3.8) is 0 Å². The molecule has 0 saturated carbocycles. The molecule has 5 heteroatoms. The molecule has 0 aliphatic heterocycles. The molecule has 0 atom stereocenters. The average molecular weight is 283 g/mol. The van der Waals surface area contributed by atoms with Gasteiger partial charge in [-0.15, -0.1) is 12.4 Å². The lowest BCUT2D eigenvalue weighted by molar-refractivity contribution is 0.253. The van der Waals surface area contributed by atoms with E-state index in [1.54, 1.807) is 0 Å². The van der Waals surface area contributed by atoms with Crippen LogP contribution in [-0.2, 0) is 0 Å². The number of hydrogen-bond acceptors (Lipinski definition) is 1. The summed E-state index contributed by atoms with van der Waals surface area (Å²) >= 11 is 5.41. The van der Waals surface area contributed by atoms with Crippen molar-refractivity contribution < 1.29 is 4.79 Å². The van der Waals surface area contributed by atoms with Crippen LogP contribution in [0.2, 0.25) is 0 Å². The highest BCUT2D eigenvalue weighted by molar-refractivity contribution is 6.24. The van der Waals surface area contributed by atoms with Gasteiger partial charge < -0.3 is 0 Å². The SMILES string of the molecule is Cl.O=C(NCl)N(c1ccccc1)c1ccccc1. The van der Waals surface area contributed by atoms with Crippen molar-refractivity contribution in [2.45, 2.75) is 0 Å². The number of amides is 2. The maximum Gasteiger partial charge on any atom is 0.341 e. The Morgan fingerprint density at radius 3 is 1.61 bits per heavy atom. The van der Waals surface area contributed by atoms with Crippen LogP contribution in [0.3, 0.4) is 0 Å². The van der Waals surface area contributed by atoms with Crippen LogP contribution in [0.4, 0.5) is 16.2 Å². The molecule has 1 N–H and O–H groups in total. The number of halogens is 2. The zero-order valence-electron chi connectivity index (χ0n) is 9.42. The van der Waals surface area contributed by atoms with Crippen LogP contribution in [0.15, 0.2) is 60.7 Å². The minimum absolute atomic E-state index is 0. The van der Waals surface area contributed by atoms with Gasteiger partial charge in [0.2, 0.25) is 0 Å². The Bertz CT molecular complexity index is 451. The summed E-state index contributed by atoms with van der Waals surface area (Å²) in [5, 5.41) is 0. The van der Waals surface area contributed by atoms with Crippen LogP contribution >= 0.6 is 24.2 Å². The van der Waals surface area contributed by atoms with Crippen molar-refractivity contribution in [2.75, 3.05) is 4.90 Å². The van der Waals surface area contributed by atoms with Gasteiger partial charge in [0.05, 0.1) is 11.4 Å². The van der Waals surface area contributed by atoms with Gasteiger partial charge in [-0.1, -0.05) is 36.4 Å². The molecule has 18 heavy (non-hydrogen) atoms. The van der Waals surface area contributed by atoms with E-state index >= 15 is 0 Å². The van der Waals surface area contributed by atoms with Gasteiger partial charge in [0.1, 0.15) is 0 Å². The molecule has 0 aliphatic rings. The lowest BCUT2D eigenvalue weighted by Gasteiger charge is -2.21. The number of rotatable bonds is 2. The first kappa shape index (κ1) is 14.4. The molecule has 0 spiro atoms. The largest absolute Gasteiger partial charge is 0.341 e. The summed E-state index contributed by atoms with van der Waals surface area (Å²) in [7, 11) is 0. The quantitative estimate of drug-likeness (QED) is 0.826. The van der Waals surface area contributed by atoms with Crippen molar-refractivity contribution in [1.29, 1.82) is 0 Å². The molecule has 0 fully saturated rings. The third-order valence-corrected chi connectivity index (χ3v) is 2.47. The van der Waals surface area contributed by atoms with Crippen molar-refractivity contribution >= 4 is 41.6 Å². The number of carbonyl (C=O) groups excluding carboxylic acids is 1. The molecular weight excluding hydrogens is 271 g/mol. The lowest BCUT2D eigenvalue weighted by Crippen LogP contribution is -2.31. The normalized spacial score (nSPS) is 9.17. The topological polar surface area (TPSA) is 32.3 Å². The van der Waals surface area contributed by atoms with Gasteiger partial charge in [-0.05, 0) is 24.3 Å². The van der Waals surface area contributed by atoms with Gasteiger partial charge in [-0.3, -0.25) is 4.90 Å². The molecule has 2 amide bonds. The molecule has 0 radical (unpaired) electrons. The van der Waals surface area contributed by atoms with Gasteiger partial charge in [-0.25, -0.2) is 9.63 Å². The molecule has 0 heterocycles. The summed E-state index contributed by atoms with van der Waals surface area (Å²) in [6.07, 6.45) is 0. The summed E-state index contributed by atoms with van der Waals surface area (Å²) in [6, 6.07) is 18.3. The minimum Gasteiger partial charge on any atom is -0.262 e. The number of benzene rings is 2. The first-order chi connectivity index (χ1) is 8.33. The number of urea groups is 1. The summed E-state index contributed by atoms with van der Waals surface area (Å²) in [4.78, 5) is 15.4. The van der Waals surface area contributed by atoms with Crippen molar-refractivity contribution in [2.24, 2.45) is 0 Å². The molecule has 0 saturated heterocycles. The van der Waals surface area contributed by atoms with E-state index in [4.69, 9.17) is 11.8 Å². The molecule has 2 rings (SSSR count). The summed E-state index contributed by atoms with van der Waals surface area (Å²) in [5.41, 5.74) is 1.52. The Balaban J connectivity index is 0.00000162. The Labute approximate surface area is 117 Å². The van der Waals surface area contributed by atoms with E-state index in [9.17, 15) is 4.79 Å². The Morgan fingerprint density at radius 2 is 1.28 bits per heavy atom. The summed E-state index contributed by atoms with van der Waals surface area (Å²) in [6.45, 7) is 0. The zero-order chi connectivity index (χ0) is 12.1. The Hall–Kier alpha value is -1.71. The number of para-hydroxylation sites is 2. The van der Waals surface area contributed by atoms with E-state index in [1.807, 2.05) is 60.7 Å². The number of anilines is 2. The molecule has 3 nitrogen and oxygen atoms in total. The highest BCUT2D eigenvalue weighted by atomic mass is 35.5. The molecular formula is C13H12Cl2N2O. The molecule has 0 bridgehead atoms. The van der Waals surface area contributed by atoms with Gasteiger partial charge >= 0.3 is 6.03 Å². The fourth-order valence-corrected chi connectivity index (χ4v) is 1.66. The standard InChI is InChI=1S/C13H11ClN2O.ClH/c14-15-13(17)16(11-7-3-1-4-8-11)12-9-5-2-6-10-12;/h1-10H,(H,15,17);1H. The van der Waals surface area contributed by atoms with Gasteiger partial charge in [0.15, 0.2) is 0 Å². The van der Waals surface area contributed by atoms with Gasteiger partial charge in [-0.2, -0.15) is 0 Å². The van der Waals surface area contributed by atoms with E-state index in [2.05, 4.69) is 4.84 Å². The van der Waals surface area contributed by atoms with Gasteiger partial charge in [0.25, 0.3) is 0 Å². The van der Waals surface area contributed by atoms with Crippen LogP contribution in [0, 0.1) is 0 Å². The molecule has 0 aromatic heterocycles. The first-order valence-corrected chi connectivity index (χ1v) is 5.51. The summed E-state index contributed by atoms with van der Waals surface area (Å²) < 4.78 is 0. The fourth-order valence-electron chi connectivity index (χ4n) is 1.58. The Morgan fingerprint density at radius 1 is 0.889 bits per heavy atom. The van der Waals surface area contributed by atoms with Crippen LogP contribution in [0.25, 0.3) is 0 Å². The van der Waals surface area contributed by atoms with Crippen LogP contribution in [-0.4, -0.2) is 6.03 Å². The summed E-state index contributed by atoms with van der Waals surface area (Å²) in [5.74, 6) is 0. The highest BCUT2D eigenvalue weighted by Gasteiger charge is 2.16. The second-order valence-electron chi connectivity index (χ2n) is 3.41. The van der Waals surface area contributed by atoms with E-state index in [-0.39, 0.29) is 18.4 Å². The van der Waals surface area contributed by atoms with Crippen LogP contribution in [0.5, 0.6) is 0 Å². The van der Waals surface area contributed by atoms with Crippen LogP contribution < -0.4 is 9.74 Å². The van der Waals surface area contributed by atoms with E-state index in [0.717, 1.165) is 11.4 Å². The van der Waals surface area contributed by atoms with Crippen molar-refractivity contribution in [1.82, 2.24) is 4.84 Å². The predicted octanol–water partition coefficient (Wildman–Crippen LogP) is 4.11. The monoisotopic (exact) mass is 282 g/mol. The van der Waals surface area contributed by atoms with E-state index in [0.29, 0.717) is 0 Å². The smallest absolute Gasteiger partial charge is 0.262 e. The number of hydrogen-bond donors (Lipinski definition) is 1. The number of carbonyl (C=O) groups is 1. The fraction of sp³-hybridized carbons (Fsp3) is 0. The Kier molecular flexibility index (Phi) is 5.49. The molecule has 0 aliphatic carbocycles. The third-order valence-electron chi connectivity index (χ3n) is 2.31.